The number of hydrogen-bond acceptors (Lipinski definition) is 4. The van der Waals surface area contributed by atoms with Crippen LogP contribution in [0, 0.1) is 31.1 Å². The molecule has 0 aliphatic carbocycles. The summed E-state index contributed by atoms with van der Waals surface area (Å²) in [5, 5.41) is 12.3. The Hall–Kier alpha value is -2.87. The lowest BCUT2D eigenvalue weighted by atomic mass is 9.96. The molecule has 5 heteroatoms. The van der Waals surface area contributed by atoms with Crippen LogP contribution in [0.15, 0.2) is 36.5 Å². The average molecular weight is 348 g/mol. The topological polar surface area (TPSA) is 69.0 Å². The molecule has 2 heterocycles. The average Bonchev–Trinajstić information content (AvgIpc) is 2.66. The van der Waals surface area contributed by atoms with Gasteiger partial charge >= 0.3 is 0 Å². The summed E-state index contributed by atoms with van der Waals surface area (Å²) >= 11 is 0. The Balaban J connectivity index is 1.53. The van der Waals surface area contributed by atoms with Gasteiger partial charge in [0, 0.05) is 31.4 Å². The standard InChI is InChI=1S/C21H24N4O/c1-15-5-6-19(16(2)12-15)21(26)24-14-17-7-10-25(11-8-17)20-18(13-22)4-3-9-23-20/h3-6,9,12,17H,7-8,10-11,14H2,1-2H3,(H,24,26). The summed E-state index contributed by atoms with van der Waals surface area (Å²) in [4.78, 5) is 19.0. The van der Waals surface area contributed by atoms with Crippen LogP contribution >= 0.6 is 0 Å². The smallest absolute Gasteiger partial charge is 0.251 e. The van der Waals surface area contributed by atoms with E-state index in [0.717, 1.165) is 48.4 Å². The number of pyridine rings is 1. The van der Waals surface area contributed by atoms with Crippen molar-refractivity contribution < 1.29 is 4.79 Å². The van der Waals surface area contributed by atoms with Crippen molar-refractivity contribution in [2.24, 2.45) is 5.92 Å². The van der Waals surface area contributed by atoms with E-state index < -0.39 is 0 Å². The lowest BCUT2D eigenvalue weighted by Crippen LogP contribution is -2.39. The molecule has 0 spiro atoms. The van der Waals surface area contributed by atoms with Crippen molar-refractivity contribution in [3.63, 3.8) is 0 Å². The number of nitrogens with one attached hydrogen (secondary N) is 1. The van der Waals surface area contributed by atoms with Crippen molar-refractivity contribution >= 4 is 11.7 Å². The van der Waals surface area contributed by atoms with E-state index in [1.54, 1.807) is 18.3 Å². The highest BCUT2D eigenvalue weighted by atomic mass is 16.1. The number of hydrogen-bond donors (Lipinski definition) is 1. The lowest BCUT2D eigenvalue weighted by Gasteiger charge is -2.33. The van der Waals surface area contributed by atoms with Crippen molar-refractivity contribution in [1.82, 2.24) is 10.3 Å². The first-order valence-corrected chi connectivity index (χ1v) is 9.04. The summed E-state index contributed by atoms with van der Waals surface area (Å²) < 4.78 is 0. The molecule has 0 atom stereocenters. The number of anilines is 1. The third-order valence-electron chi connectivity index (χ3n) is 5.00. The second-order valence-electron chi connectivity index (χ2n) is 6.95. The number of benzene rings is 1. The van der Waals surface area contributed by atoms with Gasteiger partial charge in [-0.2, -0.15) is 5.26 Å². The van der Waals surface area contributed by atoms with Gasteiger partial charge in [0.25, 0.3) is 5.91 Å². The van der Waals surface area contributed by atoms with E-state index in [1.807, 2.05) is 32.0 Å². The number of rotatable bonds is 4. The molecule has 0 saturated carbocycles. The Labute approximate surface area is 154 Å². The van der Waals surface area contributed by atoms with Gasteiger partial charge in [-0.3, -0.25) is 4.79 Å². The van der Waals surface area contributed by atoms with E-state index >= 15 is 0 Å². The van der Waals surface area contributed by atoms with Gasteiger partial charge in [-0.15, -0.1) is 0 Å². The quantitative estimate of drug-likeness (QED) is 0.921. The molecule has 0 bridgehead atoms. The van der Waals surface area contributed by atoms with Crippen molar-refractivity contribution in [3.8, 4) is 6.07 Å². The highest BCUT2D eigenvalue weighted by molar-refractivity contribution is 5.95. The predicted molar refractivity (Wildman–Crippen MR) is 102 cm³/mol. The molecule has 1 N–H and O–H groups in total. The maximum Gasteiger partial charge on any atom is 0.251 e. The maximum absolute atomic E-state index is 12.4. The molecule has 1 aliphatic rings. The summed E-state index contributed by atoms with van der Waals surface area (Å²) in [7, 11) is 0. The number of piperidine rings is 1. The molecule has 1 fully saturated rings. The zero-order valence-electron chi connectivity index (χ0n) is 15.3. The molecule has 3 rings (SSSR count). The predicted octanol–water partition coefficient (Wildman–Crippen LogP) is 3.22. The number of aryl methyl sites for hydroxylation is 2. The molecule has 0 unspecified atom stereocenters. The van der Waals surface area contributed by atoms with Crippen LogP contribution < -0.4 is 10.2 Å². The first kappa shape index (κ1) is 17.9. The van der Waals surface area contributed by atoms with Crippen LogP contribution in [0.5, 0.6) is 0 Å². The molecular formula is C21H24N4O. The monoisotopic (exact) mass is 348 g/mol. The van der Waals surface area contributed by atoms with Crippen LogP contribution in [0.2, 0.25) is 0 Å². The van der Waals surface area contributed by atoms with Crippen LogP contribution in [-0.4, -0.2) is 30.5 Å². The number of nitriles is 1. The normalized spacial score (nSPS) is 14.7. The summed E-state index contributed by atoms with van der Waals surface area (Å²) in [6.07, 6.45) is 3.69. The molecule has 5 nitrogen and oxygen atoms in total. The number of amides is 1. The third kappa shape index (κ3) is 4.02. The first-order chi connectivity index (χ1) is 12.6. The molecular weight excluding hydrogens is 324 g/mol. The van der Waals surface area contributed by atoms with E-state index in [0.29, 0.717) is 18.0 Å². The number of carbonyl (C=O) groups excluding carboxylic acids is 1. The van der Waals surface area contributed by atoms with Gasteiger partial charge in [0.2, 0.25) is 0 Å². The number of carbonyl (C=O) groups is 1. The van der Waals surface area contributed by atoms with Gasteiger partial charge in [0.15, 0.2) is 0 Å². The van der Waals surface area contributed by atoms with Crippen LogP contribution in [-0.2, 0) is 0 Å². The molecule has 2 aromatic rings. The first-order valence-electron chi connectivity index (χ1n) is 9.04. The van der Waals surface area contributed by atoms with Crippen molar-refractivity contribution in [3.05, 3.63) is 58.8 Å². The van der Waals surface area contributed by atoms with Gasteiger partial charge in [-0.1, -0.05) is 17.7 Å². The molecule has 1 aromatic heterocycles. The summed E-state index contributed by atoms with van der Waals surface area (Å²) in [6, 6.07) is 11.7. The van der Waals surface area contributed by atoms with Crippen molar-refractivity contribution in [2.45, 2.75) is 26.7 Å². The Morgan fingerprint density at radius 2 is 2.08 bits per heavy atom. The Morgan fingerprint density at radius 3 is 2.77 bits per heavy atom. The fraction of sp³-hybridized carbons (Fsp3) is 0.381. The zero-order valence-corrected chi connectivity index (χ0v) is 15.3. The second-order valence-corrected chi connectivity index (χ2v) is 6.95. The number of nitrogens with zero attached hydrogens (tertiary/aromatic N) is 3. The molecule has 1 amide bonds. The molecule has 1 saturated heterocycles. The fourth-order valence-electron chi connectivity index (χ4n) is 3.49. The summed E-state index contributed by atoms with van der Waals surface area (Å²) in [5.41, 5.74) is 3.54. The molecule has 0 radical (unpaired) electrons. The Bertz CT molecular complexity index is 832. The number of aromatic nitrogens is 1. The summed E-state index contributed by atoms with van der Waals surface area (Å²) in [5.74, 6) is 1.23. The lowest BCUT2D eigenvalue weighted by molar-refractivity contribution is 0.0944. The maximum atomic E-state index is 12.4. The minimum Gasteiger partial charge on any atom is -0.356 e. The van der Waals surface area contributed by atoms with Gasteiger partial charge in [0.05, 0.1) is 5.56 Å². The molecule has 1 aromatic carbocycles. The Morgan fingerprint density at radius 1 is 1.31 bits per heavy atom. The largest absolute Gasteiger partial charge is 0.356 e. The van der Waals surface area contributed by atoms with Crippen LogP contribution in [0.3, 0.4) is 0 Å². The Kier molecular flexibility index (Phi) is 5.52. The van der Waals surface area contributed by atoms with E-state index in [9.17, 15) is 10.1 Å². The second kappa shape index (κ2) is 8.01. The van der Waals surface area contributed by atoms with Crippen molar-refractivity contribution in [2.75, 3.05) is 24.5 Å². The van der Waals surface area contributed by atoms with Gasteiger partial charge in [-0.05, 0) is 56.4 Å². The van der Waals surface area contributed by atoms with E-state index in [2.05, 4.69) is 21.3 Å². The molecule has 26 heavy (non-hydrogen) atoms. The third-order valence-corrected chi connectivity index (χ3v) is 5.00. The molecule has 1 aliphatic heterocycles. The van der Waals surface area contributed by atoms with E-state index in [4.69, 9.17) is 0 Å². The van der Waals surface area contributed by atoms with Crippen LogP contribution in [0.25, 0.3) is 0 Å². The van der Waals surface area contributed by atoms with Crippen LogP contribution in [0.1, 0.15) is 39.9 Å². The van der Waals surface area contributed by atoms with Gasteiger partial charge in [-0.25, -0.2) is 4.98 Å². The van der Waals surface area contributed by atoms with Crippen LogP contribution in [0.4, 0.5) is 5.82 Å². The molecule has 134 valence electrons. The van der Waals surface area contributed by atoms with E-state index in [-0.39, 0.29) is 5.91 Å². The SMILES string of the molecule is Cc1ccc(C(=O)NCC2CCN(c3ncccc3C#N)CC2)c(C)c1. The summed E-state index contributed by atoms with van der Waals surface area (Å²) in [6.45, 7) is 6.40. The van der Waals surface area contributed by atoms with E-state index in [1.165, 1.54) is 0 Å². The zero-order chi connectivity index (χ0) is 18.5. The van der Waals surface area contributed by atoms with Gasteiger partial charge < -0.3 is 10.2 Å². The van der Waals surface area contributed by atoms with Crippen molar-refractivity contribution in [1.29, 1.82) is 5.26 Å². The highest BCUT2D eigenvalue weighted by Gasteiger charge is 2.22. The van der Waals surface area contributed by atoms with Gasteiger partial charge in [0.1, 0.15) is 11.9 Å². The minimum atomic E-state index is 0.00132. The fourth-order valence-corrected chi connectivity index (χ4v) is 3.49. The minimum absolute atomic E-state index is 0.00132. The highest BCUT2D eigenvalue weighted by Crippen LogP contribution is 2.24.